The van der Waals surface area contributed by atoms with Crippen LogP contribution in [0.15, 0.2) is 60.4 Å². The van der Waals surface area contributed by atoms with Crippen molar-refractivity contribution < 1.29 is 37.3 Å². The monoisotopic (exact) mass is 486 g/mol. The van der Waals surface area contributed by atoms with Crippen molar-refractivity contribution in [3.05, 3.63) is 87.6 Å². The molecular weight excluding hydrogens is 470 g/mol. The molecule has 2 heterocycles. The van der Waals surface area contributed by atoms with Gasteiger partial charge in [0.25, 0.3) is 0 Å². The first-order chi connectivity index (χ1) is 16.5. The molecule has 0 atom stereocenters. The summed E-state index contributed by atoms with van der Waals surface area (Å²) in [6.45, 7) is -2.26. The average Bonchev–Trinajstić information content (AvgIpc) is 3.12. The van der Waals surface area contributed by atoms with Gasteiger partial charge in [-0.15, -0.1) is 0 Å². The normalized spacial score (nSPS) is 15.5. The summed E-state index contributed by atoms with van der Waals surface area (Å²) in [5.41, 5.74) is 2.24. The third-order valence-corrected chi connectivity index (χ3v) is 5.43. The Balaban J connectivity index is 1.35. The van der Waals surface area contributed by atoms with Crippen LogP contribution in [-0.2, 0) is 18.0 Å². The Morgan fingerprint density at radius 3 is 2.82 bits per heavy atom. The smallest absolute Gasteiger partial charge is 0.387 e. The Labute approximate surface area is 198 Å². The highest BCUT2D eigenvalue weighted by atomic mass is 35.5. The second-order valence-corrected chi connectivity index (χ2v) is 7.90. The molecule has 0 spiro atoms. The minimum atomic E-state index is -2.99. The number of fused-ring (bicyclic) bond motifs is 2. The first kappa shape index (κ1) is 22.2. The molecule has 0 saturated heterocycles. The van der Waals surface area contributed by atoms with Crippen molar-refractivity contribution in [2.45, 2.75) is 19.8 Å². The maximum atomic E-state index is 12.8. The molecule has 0 N–H and O–H groups in total. The highest BCUT2D eigenvalue weighted by Crippen LogP contribution is 2.37. The average molecular weight is 487 g/mol. The lowest BCUT2D eigenvalue weighted by Gasteiger charge is -2.21. The quantitative estimate of drug-likeness (QED) is 0.398. The van der Waals surface area contributed by atoms with E-state index < -0.39 is 6.61 Å². The van der Waals surface area contributed by atoms with Gasteiger partial charge in [-0.3, -0.25) is 4.79 Å². The van der Waals surface area contributed by atoms with Gasteiger partial charge < -0.3 is 23.7 Å². The first-order valence-electron chi connectivity index (χ1n) is 10.2. The van der Waals surface area contributed by atoms with Crippen LogP contribution in [0.2, 0.25) is 5.02 Å². The molecule has 34 heavy (non-hydrogen) atoms. The van der Waals surface area contributed by atoms with E-state index in [0.717, 1.165) is 11.1 Å². The molecule has 2 aliphatic heterocycles. The summed E-state index contributed by atoms with van der Waals surface area (Å²) in [6, 6.07) is 14.5. The van der Waals surface area contributed by atoms with Crippen molar-refractivity contribution in [2.75, 3.05) is 6.79 Å². The van der Waals surface area contributed by atoms with Crippen molar-refractivity contribution >= 4 is 23.5 Å². The fraction of sp³-hybridized carbons (Fsp3) is 0.160. The maximum Gasteiger partial charge on any atom is 0.387 e. The molecule has 0 aliphatic carbocycles. The lowest BCUT2D eigenvalue weighted by atomic mass is 10.1. The zero-order valence-electron chi connectivity index (χ0n) is 17.6. The van der Waals surface area contributed by atoms with Gasteiger partial charge >= 0.3 is 6.61 Å². The number of allylic oxidation sites excluding steroid dienone is 1. The van der Waals surface area contributed by atoms with Crippen LogP contribution < -0.4 is 18.9 Å². The summed E-state index contributed by atoms with van der Waals surface area (Å²) in [4.78, 5) is 12.8. The van der Waals surface area contributed by atoms with E-state index in [0.29, 0.717) is 40.0 Å². The summed E-state index contributed by atoms with van der Waals surface area (Å²) in [6.07, 6.45) is 1.37. The van der Waals surface area contributed by atoms with Crippen LogP contribution in [0.3, 0.4) is 0 Å². The molecule has 3 aromatic rings. The summed E-state index contributed by atoms with van der Waals surface area (Å²) in [5.74, 6) is 1.02. The van der Waals surface area contributed by atoms with Crippen molar-refractivity contribution in [1.82, 2.24) is 0 Å². The predicted molar refractivity (Wildman–Crippen MR) is 119 cm³/mol. The highest BCUT2D eigenvalue weighted by Gasteiger charge is 2.28. The number of ketones is 1. The number of alkyl halides is 2. The van der Waals surface area contributed by atoms with Gasteiger partial charge in [0, 0.05) is 27.8 Å². The number of hydrogen-bond donors (Lipinski definition) is 0. The van der Waals surface area contributed by atoms with Crippen molar-refractivity contribution in [3.63, 3.8) is 0 Å². The second kappa shape index (κ2) is 9.32. The zero-order chi connectivity index (χ0) is 23.7. The predicted octanol–water partition coefficient (Wildman–Crippen LogP) is 6.00. The molecule has 174 valence electrons. The Hall–Kier alpha value is -3.62. The van der Waals surface area contributed by atoms with E-state index in [2.05, 4.69) is 4.74 Å². The standard InChI is InChI=1S/C25H17ClF2O6/c26-17-7-15-11-30-13-32-24(15)16(8-17)12-31-18-5-6-19-21(10-18)33-22(23(19)29)9-14-3-1-2-4-20(14)34-25(27)28/h1-10,25H,11-13H2/b22-9-. The molecule has 0 bridgehead atoms. The number of benzene rings is 3. The van der Waals surface area contributed by atoms with Crippen LogP contribution in [0.4, 0.5) is 8.78 Å². The van der Waals surface area contributed by atoms with E-state index >= 15 is 0 Å². The summed E-state index contributed by atoms with van der Waals surface area (Å²) in [5, 5.41) is 0.542. The number of carbonyl (C=O) groups excluding carboxylic acids is 1. The first-order valence-corrected chi connectivity index (χ1v) is 10.6. The van der Waals surface area contributed by atoms with Crippen LogP contribution in [0, 0.1) is 0 Å². The number of para-hydroxylation sites is 1. The van der Waals surface area contributed by atoms with Crippen LogP contribution in [-0.4, -0.2) is 19.2 Å². The van der Waals surface area contributed by atoms with Crippen molar-refractivity contribution in [3.8, 4) is 23.0 Å². The maximum absolute atomic E-state index is 12.8. The summed E-state index contributed by atoms with van der Waals surface area (Å²) in [7, 11) is 0. The van der Waals surface area contributed by atoms with E-state index in [1.54, 1.807) is 48.5 Å². The van der Waals surface area contributed by atoms with Gasteiger partial charge in [0.15, 0.2) is 12.6 Å². The van der Waals surface area contributed by atoms with Gasteiger partial charge in [0.05, 0.1) is 12.2 Å². The number of hydrogen-bond acceptors (Lipinski definition) is 6. The number of rotatable bonds is 6. The fourth-order valence-corrected chi connectivity index (χ4v) is 3.99. The van der Waals surface area contributed by atoms with Gasteiger partial charge in [-0.2, -0.15) is 8.78 Å². The topological polar surface area (TPSA) is 63.2 Å². The Morgan fingerprint density at radius 1 is 1.12 bits per heavy atom. The molecule has 3 aromatic carbocycles. The van der Waals surface area contributed by atoms with Crippen molar-refractivity contribution in [2.24, 2.45) is 0 Å². The Bertz CT molecular complexity index is 1290. The summed E-state index contributed by atoms with van der Waals surface area (Å²) < 4.78 is 52.4. The number of halogens is 3. The fourth-order valence-electron chi connectivity index (χ4n) is 3.73. The molecule has 6 nitrogen and oxygen atoms in total. The molecule has 0 fully saturated rings. The molecule has 0 amide bonds. The van der Waals surface area contributed by atoms with Crippen LogP contribution in [0.25, 0.3) is 6.08 Å². The number of Topliss-reactive ketones (excluding diaryl/α,β-unsaturated/α-hetero) is 1. The van der Waals surface area contributed by atoms with Crippen LogP contribution >= 0.6 is 11.6 Å². The van der Waals surface area contributed by atoms with E-state index in [4.69, 9.17) is 30.5 Å². The van der Waals surface area contributed by atoms with Gasteiger partial charge in [-0.1, -0.05) is 29.8 Å². The third kappa shape index (κ3) is 4.55. The Kier molecular flexibility index (Phi) is 6.08. The lowest BCUT2D eigenvalue weighted by molar-refractivity contribution is -0.0500. The molecule has 5 rings (SSSR count). The van der Waals surface area contributed by atoms with Crippen LogP contribution in [0.1, 0.15) is 27.0 Å². The van der Waals surface area contributed by atoms with E-state index in [-0.39, 0.29) is 30.7 Å². The SMILES string of the molecule is O=C1/C(=C/c2ccccc2OC(F)F)Oc2cc(OCc3cc(Cl)cc4c3OCOC4)ccc21. The minimum absolute atomic E-state index is 0.00484. The molecular formula is C25H17ClF2O6. The number of ether oxygens (including phenoxy) is 5. The minimum Gasteiger partial charge on any atom is -0.489 e. The van der Waals surface area contributed by atoms with Crippen LogP contribution in [0.5, 0.6) is 23.0 Å². The lowest BCUT2D eigenvalue weighted by Crippen LogP contribution is -2.14. The summed E-state index contributed by atoms with van der Waals surface area (Å²) >= 11 is 6.20. The third-order valence-electron chi connectivity index (χ3n) is 5.21. The van der Waals surface area contributed by atoms with Gasteiger partial charge in [-0.25, -0.2) is 0 Å². The van der Waals surface area contributed by atoms with Gasteiger partial charge in [0.2, 0.25) is 5.78 Å². The molecule has 9 heteroatoms. The largest absolute Gasteiger partial charge is 0.489 e. The highest BCUT2D eigenvalue weighted by molar-refractivity contribution is 6.30. The molecule has 0 unspecified atom stereocenters. The van der Waals surface area contributed by atoms with E-state index in [1.165, 1.54) is 12.1 Å². The molecule has 0 radical (unpaired) electrons. The second-order valence-electron chi connectivity index (χ2n) is 7.47. The van der Waals surface area contributed by atoms with Crippen molar-refractivity contribution in [1.29, 1.82) is 0 Å². The number of carbonyl (C=O) groups is 1. The molecule has 0 saturated carbocycles. The van der Waals surface area contributed by atoms with E-state index in [9.17, 15) is 13.6 Å². The Morgan fingerprint density at radius 2 is 1.97 bits per heavy atom. The van der Waals surface area contributed by atoms with E-state index in [1.807, 2.05) is 0 Å². The van der Waals surface area contributed by atoms with Gasteiger partial charge in [0.1, 0.15) is 29.6 Å². The zero-order valence-corrected chi connectivity index (χ0v) is 18.3. The molecule has 2 aliphatic rings. The molecule has 0 aromatic heterocycles. The van der Waals surface area contributed by atoms with Gasteiger partial charge in [-0.05, 0) is 36.4 Å².